The Morgan fingerprint density at radius 1 is 1.28 bits per heavy atom. The molecule has 1 aromatic heterocycles. The molecule has 1 heterocycles. The third-order valence-electron chi connectivity index (χ3n) is 3.00. The van der Waals surface area contributed by atoms with Gasteiger partial charge in [0.1, 0.15) is 17.6 Å². The van der Waals surface area contributed by atoms with Crippen LogP contribution in [0.1, 0.15) is 28.6 Å². The summed E-state index contributed by atoms with van der Waals surface area (Å²) >= 11 is 3.47. The standard InChI is InChI=1S/C14H15BrO3/c1-8-6-13(17-3)11(7-12(8)15)14(16)10-4-5-18-9(10)2/h4-7,14,16H,1-3H3. The summed E-state index contributed by atoms with van der Waals surface area (Å²) in [6.45, 7) is 3.81. The smallest absolute Gasteiger partial charge is 0.125 e. The molecule has 0 aliphatic carbocycles. The molecule has 18 heavy (non-hydrogen) atoms. The molecule has 2 rings (SSSR count). The Morgan fingerprint density at radius 3 is 2.56 bits per heavy atom. The van der Waals surface area contributed by atoms with E-state index < -0.39 is 6.10 Å². The minimum absolute atomic E-state index is 0.670. The van der Waals surface area contributed by atoms with Gasteiger partial charge >= 0.3 is 0 Å². The zero-order valence-electron chi connectivity index (χ0n) is 10.5. The number of aliphatic hydroxyl groups excluding tert-OH is 1. The van der Waals surface area contributed by atoms with E-state index in [1.807, 2.05) is 26.0 Å². The van der Waals surface area contributed by atoms with Crippen molar-refractivity contribution in [2.45, 2.75) is 20.0 Å². The number of hydrogen-bond donors (Lipinski definition) is 1. The van der Waals surface area contributed by atoms with Crippen LogP contribution in [-0.4, -0.2) is 12.2 Å². The lowest BCUT2D eigenvalue weighted by atomic mass is 10.00. The van der Waals surface area contributed by atoms with E-state index in [0.29, 0.717) is 11.5 Å². The van der Waals surface area contributed by atoms with E-state index in [2.05, 4.69) is 15.9 Å². The minimum Gasteiger partial charge on any atom is -0.496 e. The SMILES string of the molecule is COc1cc(C)c(Br)cc1C(O)c1ccoc1C. The third kappa shape index (κ3) is 2.31. The minimum atomic E-state index is -0.754. The molecule has 0 saturated carbocycles. The van der Waals surface area contributed by atoms with Gasteiger partial charge in [-0.1, -0.05) is 15.9 Å². The Bertz CT molecular complexity index is 560. The van der Waals surface area contributed by atoms with Gasteiger partial charge in [-0.2, -0.15) is 0 Å². The summed E-state index contributed by atoms with van der Waals surface area (Å²) in [6, 6.07) is 5.55. The van der Waals surface area contributed by atoms with Crippen LogP contribution < -0.4 is 4.74 Å². The molecule has 0 spiro atoms. The fourth-order valence-corrected chi connectivity index (χ4v) is 2.27. The highest BCUT2D eigenvalue weighted by atomic mass is 79.9. The summed E-state index contributed by atoms with van der Waals surface area (Å²) < 4.78 is 11.5. The molecular weight excluding hydrogens is 296 g/mol. The maximum atomic E-state index is 10.4. The van der Waals surface area contributed by atoms with Gasteiger partial charge in [-0.05, 0) is 37.6 Å². The van der Waals surface area contributed by atoms with Crippen LogP contribution in [0.3, 0.4) is 0 Å². The molecule has 1 N–H and O–H groups in total. The first-order chi connectivity index (χ1) is 8.54. The van der Waals surface area contributed by atoms with Crippen molar-refractivity contribution in [1.82, 2.24) is 0 Å². The zero-order valence-corrected chi connectivity index (χ0v) is 12.1. The van der Waals surface area contributed by atoms with E-state index in [1.54, 1.807) is 19.4 Å². The van der Waals surface area contributed by atoms with Crippen molar-refractivity contribution in [2.75, 3.05) is 7.11 Å². The number of rotatable bonds is 3. The Morgan fingerprint density at radius 2 is 2.00 bits per heavy atom. The highest BCUT2D eigenvalue weighted by molar-refractivity contribution is 9.10. The van der Waals surface area contributed by atoms with Gasteiger partial charge in [0.15, 0.2) is 0 Å². The van der Waals surface area contributed by atoms with Crippen LogP contribution in [0.25, 0.3) is 0 Å². The number of hydrogen-bond acceptors (Lipinski definition) is 3. The number of halogens is 1. The fraction of sp³-hybridized carbons (Fsp3) is 0.286. The average Bonchev–Trinajstić information content (AvgIpc) is 2.77. The number of aliphatic hydroxyl groups is 1. The van der Waals surface area contributed by atoms with Crippen molar-refractivity contribution in [3.05, 3.63) is 51.4 Å². The van der Waals surface area contributed by atoms with Crippen LogP contribution in [0.5, 0.6) is 5.75 Å². The van der Waals surface area contributed by atoms with Gasteiger partial charge in [-0.25, -0.2) is 0 Å². The molecule has 0 fully saturated rings. The highest BCUT2D eigenvalue weighted by Crippen LogP contribution is 2.35. The van der Waals surface area contributed by atoms with E-state index in [4.69, 9.17) is 9.15 Å². The second-order valence-electron chi connectivity index (χ2n) is 4.18. The topological polar surface area (TPSA) is 42.6 Å². The van der Waals surface area contributed by atoms with Crippen molar-refractivity contribution < 1.29 is 14.3 Å². The van der Waals surface area contributed by atoms with Crippen molar-refractivity contribution >= 4 is 15.9 Å². The van der Waals surface area contributed by atoms with E-state index >= 15 is 0 Å². The summed E-state index contributed by atoms with van der Waals surface area (Å²) in [7, 11) is 1.60. The number of methoxy groups -OCH3 is 1. The lowest BCUT2D eigenvalue weighted by Gasteiger charge is -2.16. The number of aryl methyl sites for hydroxylation is 2. The van der Waals surface area contributed by atoms with Gasteiger partial charge in [-0.15, -0.1) is 0 Å². The number of ether oxygens (including phenoxy) is 1. The van der Waals surface area contributed by atoms with Crippen molar-refractivity contribution in [3.63, 3.8) is 0 Å². The number of furan rings is 1. The summed E-state index contributed by atoms with van der Waals surface area (Å²) in [6.07, 6.45) is 0.819. The first-order valence-electron chi connectivity index (χ1n) is 5.60. The molecule has 0 amide bonds. The Kier molecular flexibility index (Phi) is 3.78. The summed E-state index contributed by atoms with van der Waals surface area (Å²) in [4.78, 5) is 0. The molecule has 1 unspecified atom stereocenters. The molecule has 0 bridgehead atoms. The van der Waals surface area contributed by atoms with E-state index in [0.717, 1.165) is 21.2 Å². The van der Waals surface area contributed by atoms with Crippen LogP contribution in [0, 0.1) is 13.8 Å². The Hall–Kier alpha value is -1.26. The monoisotopic (exact) mass is 310 g/mol. The molecular formula is C14H15BrO3. The van der Waals surface area contributed by atoms with E-state index in [9.17, 15) is 5.11 Å². The molecule has 1 aromatic carbocycles. The molecule has 0 saturated heterocycles. The van der Waals surface area contributed by atoms with Crippen LogP contribution >= 0.6 is 15.9 Å². The van der Waals surface area contributed by atoms with Crippen molar-refractivity contribution in [3.8, 4) is 5.75 Å². The summed E-state index contributed by atoms with van der Waals surface area (Å²) in [5.41, 5.74) is 2.54. The third-order valence-corrected chi connectivity index (χ3v) is 3.85. The fourth-order valence-electron chi connectivity index (χ4n) is 1.91. The molecule has 0 aliphatic heterocycles. The maximum absolute atomic E-state index is 10.4. The van der Waals surface area contributed by atoms with E-state index in [-0.39, 0.29) is 0 Å². The van der Waals surface area contributed by atoms with Crippen molar-refractivity contribution in [1.29, 1.82) is 0 Å². The van der Waals surface area contributed by atoms with Gasteiger partial charge in [0, 0.05) is 15.6 Å². The van der Waals surface area contributed by atoms with Gasteiger partial charge < -0.3 is 14.3 Å². The molecule has 0 aliphatic rings. The molecule has 2 aromatic rings. The second kappa shape index (κ2) is 5.16. The average molecular weight is 311 g/mol. The van der Waals surface area contributed by atoms with E-state index in [1.165, 1.54) is 0 Å². The molecule has 96 valence electrons. The van der Waals surface area contributed by atoms with Gasteiger partial charge in [0.2, 0.25) is 0 Å². The lowest BCUT2D eigenvalue weighted by molar-refractivity contribution is 0.212. The Labute approximate surface area is 115 Å². The highest BCUT2D eigenvalue weighted by Gasteiger charge is 2.20. The summed E-state index contributed by atoms with van der Waals surface area (Å²) in [5, 5.41) is 10.4. The van der Waals surface area contributed by atoms with Crippen molar-refractivity contribution in [2.24, 2.45) is 0 Å². The maximum Gasteiger partial charge on any atom is 0.125 e. The number of benzene rings is 1. The van der Waals surface area contributed by atoms with Crippen LogP contribution in [-0.2, 0) is 0 Å². The predicted molar refractivity (Wildman–Crippen MR) is 72.9 cm³/mol. The normalized spacial score (nSPS) is 12.5. The van der Waals surface area contributed by atoms with Gasteiger partial charge in [0.05, 0.1) is 13.4 Å². The molecule has 1 atom stereocenters. The largest absolute Gasteiger partial charge is 0.496 e. The lowest BCUT2D eigenvalue weighted by Crippen LogP contribution is -2.03. The second-order valence-corrected chi connectivity index (χ2v) is 5.03. The van der Waals surface area contributed by atoms with Gasteiger partial charge in [0.25, 0.3) is 0 Å². The molecule has 0 radical (unpaired) electrons. The first-order valence-corrected chi connectivity index (χ1v) is 6.40. The predicted octanol–water partition coefficient (Wildman–Crippen LogP) is 3.75. The molecule has 3 nitrogen and oxygen atoms in total. The van der Waals surface area contributed by atoms with Crippen LogP contribution in [0.2, 0.25) is 0 Å². The Balaban J connectivity index is 2.50. The zero-order chi connectivity index (χ0) is 13.3. The first kappa shape index (κ1) is 13.2. The van der Waals surface area contributed by atoms with Gasteiger partial charge in [-0.3, -0.25) is 0 Å². The molecule has 4 heteroatoms. The van der Waals surface area contributed by atoms with Crippen LogP contribution in [0.15, 0.2) is 33.4 Å². The summed E-state index contributed by atoms with van der Waals surface area (Å²) in [5.74, 6) is 1.38. The van der Waals surface area contributed by atoms with Crippen LogP contribution in [0.4, 0.5) is 0 Å². The quantitative estimate of drug-likeness (QED) is 0.939.